The molecule has 0 N–H and O–H groups in total. The highest BCUT2D eigenvalue weighted by atomic mass is 19.3. The van der Waals surface area contributed by atoms with Gasteiger partial charge in [-0.15, -0.1) is 0 Å². The van der Waals surface area contributed by atoms with Gasteiger partial charge in [0.2, 0.25) is 0 Å². The van der Waals surface area contributed by atoms with Gasteiger partial charge in [0.15, 0.2) is 0 Å². The number of ether oxygens (including phenoxy) is 1. The largest absolute Gasteiger partial charge is 0.389 e. The van der Waals surface area contributed by atoms with E-state index in [4.69, 9.17) is 0 Å². The molecular weight excluding hydrogens is 440 g/mol. The fourth-order valence-electron chi connectivity index (χ4n) is 4.68. The monoisotopic (exact) mass is 474 g/mol. The smallest absolute Gasteiger partial charge is 0.316 e. The molecule has 3 rings (SSSR count). The van der Waals surface area contributed by atoms with Crippen LogP contribution >= 0.6 is 0 Å². The number of alkyl halides is 2. The summed E-state index contributed by atoms with van der Waals surface area (Å²) in [5, 5.41) is 0. The first-order valence-electron chi connectivity index (χ1n) is 12.2. The van der Waals surface area contributed by atoms with Gasteiger partial charge < -0.3 is 4.74 Å². The number of allylic oxidation sites excluding steroid dienone is 4. The van der Waals surface area contributed by atoms with E-state index in [0.29, 0.717) is 11.5 Å². The third-order valence-electron chi connectivity index (χ3n) is 6.60. The van der Waals surface area contributed by atoms with E-state index < -0.39 is 23.3 Å². The molecule has 1 fully saturated rings. The van der Waals surface area contributed by atoms with Crippen LogP contribution in [0.15, 0.2) is 60.7 Å². The van der Waals surface area contributed by atoms with Crippen molar-refractivity contribution in [1.29, 1.82) is 0 Å². The van der Waals surface area contributed by atoms with E-state index in [1.165, 1.54) is 0 Å². The number of rotatable bonds is 10. The molecule has 34 heavy (non-hydrogen) atoms. The quantitative estimate of drug-likeness (QED) is 0.247. The van der Waals surface area contributed by atoms with Gasteiger partial charge in [0.1, 0.15) is 17.2 Å². The average Bonchev–Trinajstić information content (AvgIpc) is 2.80. The highest BCUT2D eigenvalue weighted by molar-refractivity contribution is 5.31. The summed E-state index contributed by atoms with van der Waals surface area (Å²) >= 11 is 0. The van der Waals surface area contributed by atoms with Crippen LogP contribution in [0, 0.1) is 17.6 Å². The van der Waals surface area contributed by atoms with Crippen LogP contribution in [0.1, 0.15) is 74.1 Å². The van der Waals surface area contributed by atoms with Gasteiger partial charge in [0.05, 0.1) is 6.61 Å². The van der Waals surface area contributed by atoms with Crippen molar-refractivity contribution in [3.8, 4) is 0 Å². The molecule has 184 valence electrons. The molecule has 1 nitrogen and oxygen atoms in total. The number of halogens is 4. The zero-order valence-electron chi connectivity index (χ0n) is 20.0. The maximum absolute atomic E-state index is 14.7. The Kier molecular flexibility index (Phi) is 9.52. The first-order chi connectivity index (χ1) is 16.3. The van der Waals surface area contributed by atoms with Crippen LogP contribution in [0.4, 0.5) is 17.6 Å². The molecule has 1 aliphatic carbocycles. The molecule has 0 radical (unpaired) electrons. The van der Waals surface area contributed by atoms with Gasteiger partial charge in [-0.3, -0.25) is 0 Å². The third kappa shape index (κ3) is 7.05. The Hall–Kier alpha value is -2.40. The lowest BCUT2D eigenvalue weighted by molar-refractivity contribution is -0.251. The van der Waals surface area contributed by atoms with Crippen LogP contribution in [0.25, 0.3) is 0 Å². The van der Waals surface area contributed by atoms with Gasteiger partial charge in [0.25, 0.3) is 0 Å². The molecule has 0 saturated heterocycles. The molecule has 0 amide bonds. The summed E-state index contributed by atoms with van der Waals surface area (Å²) in [6, 6.07) is 9.77. The predicted octanol–water partition coefficient (Wildman–Crippen LogP) is 8.63. The van der Waals surface area contributed by atoms with Gasteiger partial charge in [-0.25, -0.2) is 8.78 Å². The molecule has 1 aliphatic rings. The maximum atomic E-state index is 14.7. The van der Waals surface area contributed by atoms with Gasteiger partial charge in [0, 0.05) is 0 Å². The second-order valence-electron chi connectivity index (χ2n) is 9.04. The lowest BCUT2D eigenvalue weighted by Gasteiger charge is -2.28. The number of hydrogen-bond donors (Lipinski definition) is 0. The second-order valence-corrected chi connectivity index (χ2v) is 9.04. The zero-order valence-corrected chi connectivity index (χ0v) is 20.0. The minimum atomic E-state index is -4.04. The SMILES string of the molecule is CC=CCCc1ccc(CCOC(F)(F)c2c(F)cc(C3CCC(C=CC)CC3)cc2F)cc1. The van der Waals surface area contributed by atoms with Crippen molar-refractivity contribution in [2.24, 2.45) is 5.92 Å². The van der Waals surface area contributed by atoms with Crippen molar-refractivity contribution in [2.75, 3.05) is 6.61 Å². The zero-order chi connectivity index (χ0) is 24.6. The standard InChI is InChI=1S/C29H34F4O/c1-3-5-6-8-22-9-11-23(12-10-22)17-18-34-29(32,33)28-26(30)19-25(20-27(28)31)24-15-13-21(7-4-2)14-16-24/h3-5,7,9-12,19-21,24H,6,8,13-18H2,1-2H3. The Morgan fingerprint density at radius 3 is 2.03 bits per heavy atom. The summed E-state index contributed by atoms with van der Waals surface area (Å²) in [6.07, 6.45) is 9.72. The van der Waals surface area contributed by atoms with Crippen molar-refractivity contribution in [2.45, 2.75) is 70.8 Å². The van der Waals surface area contributed by atoms with Crippen molar-refractivity contribution < 1.29 is 22.3 Å². The van der Waals surface area contributed by atoms with Crippen molar-refractivity contribution in [3.05, 3.63) is 94.6 Å². The lowest BCUT2D eigenvalue weighted by Crippen LogP contribution is -2.24. The Balaban J connectivity index is 1.59. The Bertz CT molecular complexity index is 947. The average molecular weight is 475 g/mol. The molecule has 2 aromatic carbocycles. The van der Waals surface area contributed by atoms with Crippen molar-refractivity contribution in [1.82, 2.24) is 0 Å². The van der Waals surface area contributed by atoms with Gasteiger partial charge in [-0.2, -0.15) is 8.78 Å². The van der Waals surface area contributed by atoms with Crippen LogP contribution in [-0.4, -0.2) is 6.61 Å². The molecule has 1 saturated carbocycles. The van der Waals surface area contributed by atoms with Gasteiger partial charge >= 0.3 is 6.11 Å². The van der Waals surface area contributed by atoms with E-state index in [0.717, 1.165) is 61.8 Å². The van der Waals surface area contributed by atoms with E-state index in [1.54, 1.807) is 0 Å². The highest BCUT2D eigenvalue weighted by Gasteiger charge is 2.40. The number of benzene rings is 2. The van der Waals surface area contributed by atoms with Gasteiger partial charge in [-0.1, -0.05) is 48.6 Å². The maximum Gasteiger partial charge on any atom is 0.389 e. The molecule has 0 atom stereocenters. The van der Waals surface area contributed by atoms with Crippen LogP contribution < -0.4 is 0 Å². The summed E-state index contributed by atoms with van der Waals surface area (Å²) in [4.78, 5) is 0. The number of hydrogen-bond acceptors (Lipinski definition) is 1. The molecule has 5 heteroatoms. The summed E-state index contributed by atoms with van der Waals surface area (Å²) in [6.45, 7) is 3.60. The van der Waals surface area contributed by atoms with Crippen LogP contribution in [0.3, 0.4) is 0 Å². The Morgan fingerprint density at radius 2 is 1.47 bits per heavy atom. The normalized spacial score (nSPS) is 19.4. The summed E-state index contributed by atoms with van der Waals surface area (Å²) in [5.74, 6) is -2.04. The van der Waals surface area contributed by atoms with Crippen molar-refractivity contribution >= 4 is 0 Å². The molecule has 0 unspecified atom stereocenters. The highest BCUT2D eigenvalue weighted by Crippen LogP contribution is 2.40. The van der Waals surface area contributed by atoms with E-state index in [9.17, 15) is 17.6 Å². The van der Waals surface area contributed by atoms with E-state index in [2.05, 4.69) is 16.9 Å². The fraction of sp³-hybridized carbons (Fsp3) is 0.448. The van der Waals surface area contributed by atoms with Crippen molar-refractivity contribution in [3.63, 3.8) is 0 Å². The van der Waals surface area contributed by atoms with Crippen LogP contribution in [0.5, 0.6) is 0 Å². The first kappa shape index (κ1) is 26.2. The molecule has 0 spiro atoms. The minimum Gasteiger partial charge on any atom is -0.316 e. The number of aryl methyl sites for hydroxylation is 1. The molecule has 2 aromatic rings. The molecule has 0 aliphatic heterocycles. The predicted molar refractivity (Wildman–Crippen MR) is 129 cm³/mol. The van der Waals surface area contributed by atoms with E-state index >= 15 is 0 Å². The summed E-state index contributed by atoms with van der Waals surface area (Å²) < 4.78 is 63.2. The first-order valence-corrected chi connectivity index (χ1v) is 12.2. The summed E-state index contributed by atoms with van der Waals surface area (Å²) in [5.41, 5.74) is 1.13. The third-order valence-corrected chi connectivity index (χ3v) is 6.60. The molecule has 0 aromatic heterocycles. The Labute approximate surface area is 200 Å². The fourth-order valence-corrected chi connectivity index (χ4v) is 4.68. The van der Waals surface area contributed by atoms with E-state index in [-0.39, 0.29) is 18.9 Å². The summed E-state index contributed by atoms with van der Waals surface area (Å²) in [7, 11) is 0. The van der Waals surface area contributed by atoms with Crippen LogP contribution in [-0.2, 0) is 23.7 Å². The topological polar surface area (TPSA) is 9.23 Å². The van der Waals surface area contributed by atoms with Gasteiger partial charge in [-0.05, 0) is 99.5 Å². The molecule has 0 heterocycles. The second kappa shape index (κ2) is 12.3. The lowest BCUT2D eigenvalue weighted by atomic mass is 9.78. The van der Waals surface area contributed by atoms with Crippen LogP contribution in [0.2, 0.25) is 0 Å². The molecular formula is C29H34F4O. The van der Waals surface area contributed by atoms with E-state index in [1.807, 2.05) is 50.3 Å². The Morgan fingerprint density at radius 1 is 0.882 bits per heavy atom. The minimum absolute atomic E-state index is 0.0185. The molecule has 0 bridgehead atoms.